The van der Waals surface area contributed by atoms with Gasteiger partial charge in [0.25, 0.3) is 5.91 Å². The lowest BCUT2D eigenvalue weighted by Crippen LogP contribution is -2.38. The first kappa shape index (κ1) is 20.6. The second kappa shape index (κ2) is 8.35. The van der Waals surface area contributed by atoms with Gasteiger partial charge in [-0.2, -0.15) is 10.1 Å². The number of fused-ring (bicyclic) bond motifs is 1. The van der Waals surface area contributed by atoms with Gasteiger partial charge in [0.05, 0.1) is 16.7 Å². The fraction of sp³-hybridized carbons (Fsp3) is 0.348. The fourth-order valence-corrected chi connectivity index (χ4v) is 4.21. The van der Waals surface area contributed by atoms with Gasteiger partial charge in [-0.25, -0.2) is 4.98 Å². The number of benzene rings is 1. The quantitative estimate of drug-likeness (QED) is 0.446. The van der Waals surface area contributed by atoms with Crippen LogP contribution in [0.15, 0.2) is 47.2 Å². The Morgan fingerprint density at radius 2 is 1.97 bits per heavy atom. The van der Waals surface area contributed by atoms with Crippen LogP contribution in [0.1, 0.15) is 55.0 Å². The van der Waals surface area contributed by atoms with Crippen molar-refractivity contribution in [2.75, 3.05) is 13.1 Å². The number of amides is 1. The number of piperidine rings is 1. The summed E-state index contributed by atoms with van der Waals surface area (Å²) in [5.41, 5.74) is 2.35. The van der Waals surface area contributed by atoms with Crippen molar-refractivity contribution in [2.45, 2.75) is 38.6 Å². The van der Waals surface area contributed by atoms with Crippen LogP contribution in [-0.4, -0.2) is 48.8 Å². The maximum atomic E-state index is 12.7. The number of halogens is 1. The molecule has 1 amide bonds. The zero-order valence-corrected chi connectivity index (χ0v) is 18.7. The first-order valence-electron chi connectivity index (χ1n) is 10.7. The van der Waals surface area contributed by atoms with E-state index in [4.69, 9.17) is 16.1 Å². The minimum Gasteiger partial charge on any atom is -0.339 e. The molecule has 9 heteroatoms. The van der Waals surface area contributed by atoms with Crippen LogP contribution in [0.2, 0.25) is 5.02 Å². The Labute approximate surface area is 190 Å². The SMILES string of the molecule is CC(C)n1ncc2ccc(-c3noc(C4CCN(C(=O)c5ccc(Cl)cn5)CC4)n3)cc21. The van der Waals surface area contributed by atoms with Crippen LogP contribution in [0.25, 0.3) is 22.3 Å². The van der Waals surface area contributed by atoms with Gasteiger partial charge in [-0.1, -0.05) is 28.9 Å². The van der Waals surface area contributed by atoms with Crippen molar-refractivity contribution >= 4 is 28.4 Å². The first-order valence-corrected chi connectivity index (χ1v) is 11.1. The average molecular weight is 451 g/mol. The molecule has 0 aliphatic carbocycles. The van der Waals surface area contributed by atoms with Gasteiger partial charge in [-0.05, 0) is 44.9 Å². The van der Waals surface area contributed by atoms with Crippen molar-refractivity contribution in [1.82, 2.24) is 29.8 Å². The molecule has 4 heterocycles. The number of rotatable bonds is 4. The molecule has 3 aromatic heterocycles. The van der Waals surface area contributed by atoms with Crippen molar-refractivity contribution in [3.05, 3.63) is 59.3 Å². The lowest BCUT2D eigenvalue weighted by Gasteiger charge is -2.30. The zero-order chi connectivity index (χ0) is 22.2. The Morgan fingerprint density at radius 3 is 2.69 bits per heavy atom. The van der Waals surface area contributed by atoms with E-state index in [1.807, 2.05) is 27.9 Å². The van der Waals surface area contributed by atoms with E-state index < -0.39 is 0 Å². The molecular weight excluding hydrogens is 428 g/mol. The van der Waals surface area contributed by atoms with Gasteiger partial charge in [-0.15, -0.1) is 0 Å². The summed E-state index contributed by atoms with van der Waals surface area (Å²) >= 11 is 5.86. The number of carbonyl (C=O) groups excluding carboxylic acids is 1. The molecule has 8 nitrogen and oxygen atoms in total. The predicted octanol–water partition coefficient (Wildman–Crippen LogP) is 4.74. The Morgan fingerprint density at radius 1 is 1.16 bits per heavy atom. The van der Waals surface area contributed by atoms with Gasteiger partial charge in [0.1, 0.15) is 5.69 Å². The van der Waals surface area contributed by atoms with Crippen LogP contribution in [0.5, 0.6) is 0 Å². The Balaban J connectivity index is 1.29. The van der Waals surface area contributed by atoms with E-state index >= 15 is 0 Å². The van der Waals surface area contributed by atoms with Gasteiger partial charge >= 0.3 is 0 Å². The predicted molar refractivity (Wildman–Crippen MR) is 121 cm³/mol. The van der Waals surface area contributed by atoms with E-state index in [0.717, 1.165) is 29.3 Å². The molecule has 1 fully saturated rings. The minimum absolute atomic E-state index is 0.0820. The van der Waals surface area contributed by atoms with Crippen molar-refractivity contribution < 1.29 is 9.32 Å². The van der Waals surface area contributed by atoms with Gasteiger partial charge in [0.15, 0.2) is 0 Å². The summed E-state index contributed by atoms with van der Waals surface area (Å²) in [5, 5.41) is 10.3. The fourth-order valence-electron chi connectivity index (χ4n) is 4.10. The molecule has 0 bridgehead atoms. The zero-order valence-electron chi connectivity index (χ0n) is 17.9. The molecule has 0 N–H and O–H groups in total. The van der Waals surface area contributed by atoms with Crippen LogP contribution in [0.4, 0.5) is 0 Å². The number of carbonyl (C=O) groups is 1. The molecule has 0 unspecified atom stereocenters. The second-order valence-corrected chi connectivity index (χ2v) is 8.78. The molecule has 0 atom stereocenters. The Bertz CT molecular complexity index is 1260. The number of hydrogen-bond donors (Lipinski definition) is 0. The first-order chi connectivity index (χ1) is 15.5. The highest BCUT2D eigenvalue weighted by Crippen LogP contribution is 2.30. The minimum atomic E-state index is -0.0820. The second-order valence-electron chi connectivity index (χ2n) is 8.34. The number of aromatic nitrogens is 5. The summed E-state index contributed by atoms with van der Waals surface area (Å²) in [7, 11) is 0. The normalized spacial score (nSPS) is 15.1. The van der Waals surface area contributed by atoms with Crippen molar-refractivity contribution in [3.63, 3.8) is 0 Å². The molecule has 1 aromatic carbocycles. The number of likely N-dealkylation sites (tertiary alicyclic amines) is 1. The third-order valence-corrected chi connectivity index (χ3v) is 6.09. The molecule has 1 aliphatic rings. The average Bonchev–Trinajstić information content (AvgIpc) is 3.46. The van der Waals surface area contributed by atoms with Gasteiger partial charge in [-0.3, -0.25) is 9.48 Å². The molecule has 1 aliphatic heterocycles. The van der Waals surface area contributed by atoms with Gasteiger partial charge < -0.3 is 9.42 Å². The van der Waals surface area contributed by atoms with E-state index in [-0.39, 0.29) is 17.9 Å². The van der Waals surface area contributed by atoms with Crippen molar-refractivity contribution in [2.24, 2.45) is 0 Å². The van der Waals surface area contributed by atoms with Crippen LogP contribution < -0.4 is 0 Å². The summed E-state index contributed by atoms with van der Waals surface area (Å²) in [5.74, 6) is 1.24. The van der Waals surface area contributed by atoms with E-state index in [9.17, 15) is 4.79 Å². The highest BCUT2D eigenvalue weighted by atomic mass is 35.5. The van der Waals surface area contributed by atoms with E-state index in [2.05, 4.69) is 40.1 Å². The lowest BCUT2D eigenvalue weighted by molar-refractivity contribution is 0.0698. The monoisotopic (exact) mass is 450 g/mol. The van der Waals surface area contributed by atoms with Crippen molar-refractivity contribution in [1.29, 1.82) is 0 Å². The summed E-state index contributed by atoms with van der Waals surface area (Å²) in [4.78, 5) is 23.3. The van der Waals surface area contributed by atoms with Crippen LogP contribution in [-0.2, 0) is 0 Å². The van der Waals surface area contributed by atoms with E-state index in [0.29, 0.717) is 35.5 Å². The van der Waals surface area contributed by atoms with E-state index in [1.54, 1.807) is 12.1 Å². The third-order valence-electron chi connectivity index (χ3n) is 5.87. The van der Waals surface area contributed by atoms with E-state index in [1.165, 1.54) is 6.20 Å². The van der Waals surface area contributed by atoms with Crippen LogP contribution >= 0.6 is 11.6 Å². The summed E-state index contributed by atoms with van der Waals surface area (Å²) in [6.45, 7) is 5.44. The molecule has 32 heavy (non-hydrogen) atoms. The lowest BCUT2D eigenvalue weighted by atomic mass is 9.96. The van der Waals surface area contributed by atoms with Crippen molar-refractivity contribution in [3.8, 4) is 11.4 Å². The molecule has 0 saturated carbocycles. The topological polar surface area (TPSA) is 89.9 Å². The highest BCUT2D eigenvalue weighted by Gasteiger charge is 2.28. The molecular formula is C23H23ClN6O2. The molecule has 1 saturated heterocycles. The maximum absolute atomic E-state index is 12.7. The molecule has 4 aromatic rings. The number of hydrogen-bond acceptors (Lipinski definition) is 6. The molecule has 0 spiro atoms. The smallest absolute Gasteiger partial charge is 0.272 e. The Hall–Kier alpha value is -3.26. The molecule has 5 rings (SSSR count). The van der Waals surface area contributed by atoms with Gasteiger partial charge in [0, 0.05) is 42.2 Å². The third kappa shape index (κ3) is 3.86. The summed E-state index contributed by atoms with van der Waals surface area (Å²) in [6, 6.07) is 9.67. The van der Waals surface area contributed by atoms with Crippen LogP contribution in [0.3, 0.4) is 0 Å². The largest absolute Gasteiger partial charge is 0.339 e. The highest BCUT2D eigenvalue weighted by molar-refractivity contribution is 6.30. The van der Waals surface area contributed by atoms with Gasteiger partial charge in [0.2, 0.25) is 11.7 Å². The maximum Gasteiger partial charge on any atom is 0.272 e. The summed E-state index contributed by atoms with van der Waals surface area (Å²) < 4.78 is 7.60. The summed E-state index contributed by atoms with van der Waals surface area (Å²) in [6.07, 6.45) is 4.89. The van der Waals surface area contributed by atoms with Crippen LogP contribution in [0, 0.1) is 0 Å². The molecule has 0 radical (unpaired) electrons. The molecule has 164 valence electrons. The number of pyridine rings is 1. The Kier molecular flexibility index (Phi) is 5.38. The number of nitrogens with zero attached hydrogens (tertiary/aromatic N) is 6. The standard InChI is InChI=1S/C23H23ClN6O2/c1-14(2)30-20-11-16(3-4-17(20)12-26-30)21-27-22(32-28-21)15-7-9-29(10-8-15)23(31)19-6-5-18(24)13-25-19/h3-6,11-15H,7-10H2,1-2H3.